The van der Waals surface area contributed by atoms with Crippen molar-refractivity contribution in [3.05, 3.63) is 29.8 Å². The number of ether oxygens (including phenoxy) is 1. The second-order valence-corrected chi connectivity index (χ2v) is 4.31. The van der Waals surface area contributed by atoms with Gasteiger partial charge >= 0.3 is 0 Å². The molecule has 0 bridgehead atoms. The molecular formula is C15H21N3O2. The number of amides is 1. The summed E-state index contributed by atoms with van der Waals surface area (Å²) in [6, 6.07) is 8.94. The Bertz CT molecular complexity index is 468. The van der Waals surface area contributed by atoms with E-state index in [0.717, 1.165) is 13.1 Å². The lowest BCUT2D eigenvalue weighted by molar-refractivity contribution is -0.117. The van der Waals surface area contributed by atoms with Crippen molar-refractivity contribution in [1.82, 2.24) is 4.90 Å². The molecule has 5 nitrogen and oxygen atoms in total. The van der Waals surface area contributed by atoms with Crippen LogP contribution in [0, 0.1) is 11.3 Å². The summed E-state index contributed by atoms with van der Waals surface area (Å²) in [4.78, 5) is 14.0. The second kappa shape index (κ2) is 9.08. The third kappa shape index (κ3) is 5.83. The Labute approximate surface area is 120 Å². The quantitative estimate of drug-likeness (QED) is 0.735. The van der Waals surface area contributed by atoms with Gasteiger partial charge in [-0.2, -0.15) is 5.26 Å². The van der Waals surface area contributed by atoms with E-state index in [1.807, 2.05) is 24.8 Å². The zero-order valence-electron chi connectivity index (χ0n) is 12.1. The van der Waals surface area contributed by atoms with Gasteiger partial charge in [0.2, 0.25) is 5.91 Å². The van der Waals surface area contributed by atoms with E-state index in [2.05, 4.69) is 5.32 Å². The fourth-order valence-corrected chi connectivity index (χ4v) is 1.76. The SMILES string of the molecule is CCOCCN(CC)CC(=O)Nc1cccc(C#N)c1. The predicted molar refractivity (Wildman–Crippen MR) is 78.4 cm³/mol. The van der Waals surface area contributed by atoms with Crippen LogP contribution in [0.15, 0.2) is 24.3 Å². The number of likely N-dealkylation sites (N-methyl/N-ethyl adjacent to an activating group) is 1. The van der Waals surface area contributed by atoms with Gasteiger partial charge in [-0.05, 0) is 31.7 Å². The zero-order chi connectivity index (χ0) is 14.8. The number of nitriles is 1. The number of hydrogen-bond acceptors (Lipinski definition) is 4. The Morgan fingerprint density at radius 3 is 2.90 bits per heavy atom. The first-order valence-electron chi connectivity index (χ1n) is 6.79. The molecule has 0 aromatic heterocycles. The summed E-state index contributed by atoms with van der Waals surface area (Å²) in [5.74, 6) is -0.0848. The van der Waals surface area contributed by atoms with Gasteiger partial charge in [0.15, 0.2) is 0 Å². The van der Waals surface area contributed by atoms with Crippen molar-refractivity contribution in [2.24, 2.45) is 0 Å². The number of hydrogen-bond donors (Lipinski definition) is 1. The Hall–Kier alpha value is -1.90. The molecule has 0 heterocycles. The monoisotopic (exact) mass is 275 g/mol. The molecule has 0 spiro atoms. The number of rotatable bonds is 8. The van der Waals surface area contributed by atoms with Crippen molar-refractivity contribution in [1.29, 1.82) is 5.26 Å². The average molecular weight is 275 g/mol. The Balaban J connectivity index is 2.46. The van der Waals surface area contributed by atoms with Gasteiger partial charge in [0.1, 0.15) is 0 Å². The molecule has 0 aliphatic heterocycles. The molecule has 0 aliphatic carbocycles. The minimum Gasteiger partial charge on any atom is -0.380 e. The number of nitrogens with one attached hydrogen (secondary N) is 1. The van der Waals surface area contributed by atoms with Crippen LogP contribution in [0.5, 0.6) is 0 Å². The third-order valence-electron chi connectivity index (χ3n) is 2.85. The van der Waals surface area contributed by atoms with Crippen LogP contribution in [0.4, 0.5) is 5.69 Å². The van der Waals surface area contributed by atoms with E-state index in [1.165, 1.54) is 0 Å². The van der Waals surface area contributed by atoms with Gasteiger partial charge in [-0.25, -0.2) is 0 Å². The van der Waals surface area contributed by atoms with Crippen molar-refractivity contribution in [2.75, 3.05) is 38.2 Å². The van der Waals surface area contributed by atoms with Crippen LogP contribution in [-0.2, 0) is 9.53 Å². The van der Waals surface area contributed by atoms with E-state index in [1.54, 1.807) is 24.3 Å². The van der Waals surface area contributed by atoms with Gasteiger partial charge in [0.05, 0.1) is 24.8 Å². The van der Waals surface area contributed by atoms with E-state index in [-0.39, 0.29) is 5.91 Å². The lowest BCUT2D eigenvalue weighted by Crippen LogP contribution is -2.35. The maximum atomic E-state index is 11.9. The predicted octanol–water partition coefficient (Wildman–Crippen LogP) is 1.86. The molecule has 1 aromatic carbocycles. The molecule has 1 aromatic rings. The standard InChI is InChI=1S/C15H21N3O2/c1-3-18(8-9-20-4-2)12-15(19)17-14-7-5-6-13(10-14)11-16/h5-7,10H,3-4,8-9,12H2,1-2H3,(H,17,19). The van der Waals surface area contributed by atoms with Gasteiger partial charge in [0.25, 0.3) is 0 Å². The van der Waals surface area contributed by atoms with Crippen LogP contribution in [-0.4, -0.2) is 43.7 Å². The van der Waals surface area contributed by atoms with E-state index < -0.39 is 0 Å². The maximum Gasteiger partial charge on any atom is 0.238 e. The summed E-state index contributed by atoms with van der Waals surface area (Å²) >= 11 is 0. The van der Waals surface area contributed by atoms with Crippen molar-refractivity contribution in [3.63, 3.8) is 0 Å². The molecule has 0 saturated carbocycles. The Morgan fingerprint density at radius 2 is 2.25 bits per heavy atom. The minimum atomic E-state index is -0.0848. The normalized spacial score (nSPS) is 10.3. The first-order valence-corrected chi connectivity index (χ1v) is 6.79. The van der Waals surface area contributed by atoms with E-state index >= 15 is 0 Å². The molecule has 20 heavy (non-hydrogen) atoms. The highest BCUT2D eigenvalue weighted by Gasteiger charge is 2.09. The highest BCUT2D eigenvalue weighted by atomic mass is 16.5. The minimum absolute atomic E-state index is 0.0848. The smallest absolute Gasteiger partial charge is 0.238 e. The van der Waals surface area contributed by atoms with Crippen LogP contribution in [0.3, 0.4) is 0 Å². The van der Waals surface area contributed by atoms with Crippen LogP contribution >= 0.6 is 0 Å². The van der Waals surface area contributed by atoms with Crippen LogP contribution in [0.1, 0.15) is 19.4 Å². The molecule has 0 fully saturated rings. The lowest BCUT2D eigenvalue weighted by atomic mass is 10.2. The van der Waals surface area contributed by atoms with Crippen molar-refractivity contribution >= 4 is 11.6 Å². The number of carbonyl (C=O) groups excluding carboxylic acids is 1. The number of carbonyl (C=O) groups is 1. The van der Waals surface area contributed by atoms with E-state index in [4.69, 9.17) is 10.00 Å². The fourth-order valence-electron chi connectivity index (χ4n) is 1.76. The Kier molecular flexibility index (Phi) is 7.33. The molecule has 1 amide bonds. The van der Waals surface area contributed by atoms with Crippen LogP contribution in [0.25, 0.3) is 0 Å². The average Bonchev–Trinajstić information content (AvgIpc) is 2.46. The molecule has 0 aliphatic rings. The van der Waals surface area contributed by atoms with Crippen molar-refractivity contribution in [2.45, 2.75) is 13.8 Å². The molecule has 0 saturated heterocycles. The topological polar surface area (TPSA) is 65.4 Å². The van der Waals surface area contributed by atoms with Crippen molar-refractivity contribution < 1.29 is 9.53 Å². The summed E-state index contributed by atoms with van der Waals surface area (Å²) in [7, 11) is 0. The second-order valence-electron chi connectivity index (χ2n) is 4.31. The molecular weight excluding hydrogens is 254 g/mol. The van der Waals surface area contributed by atoms with E-state index in [9.17, 15) is 4.79 Å². The lowest BCUT2D eigenvalue weighted by Gasteiger charge is -2.19. The third-order valence-corrected chi connectivity index (χ3v) is 2.85. The van der Waals surface area contributed by atoms with Gasteiger partial charge in [-0.15, -0.1) is 0 Å². The summed E-state index contributed by atoms with van der Waals surface area (Å²) in [6.07, 6.45) is 0. The van der Waals surface area contributed by atoms with Crippen molar-refractivity contribution in [3.8, 4) is 6.07 Å². The summed E-state index contributed by atoms with van der Waals surface area (Å²) in [5, 5.41) is 11.6. The molecule has 0 atom stereocenters. The Morgan fingerprint density at radius 1 is 1.45 bits per heavy atom. The molecule has 5 heteroatoms. The fraction of sp³-hybridized carbons (Fsp3) is 0.467. The van der Waals surface area contributed by atoms with Gasteiger partial charge in [-0.3, -0.25) is 9.69 Å². The van der Waals surface area contributed by atoms with Crippen LogP contribution < -0.4 is 5.32 Å². The first-order chi connectivity index (χ1) is 9.69. The molecule has 0 radical (unpaired) electrons. The summed E-state index contributed by atoms with van der Waals surface area (Å²) in [5.41, 5.74) is 1.18. The number of benzene rings is 1. The van der Waals surface area contributed by atoms with E-state index in [0.29, 0.717) is 31.0 Å². The zero-order valence-corrected chi connectivity index (χ0v) is 12.1. The molecule has 0 unspecified atom stereocenters. The first kappa shape index (κ1) is 16.2. The van der Waals surface area contributed by atoms with Crippen LogP contribution in [0.2, 0.25) is 0 Å². The van der Waals surface area contributed by atoms with Gasteiger partial charge < -0.3 is 10.1 Å². The summed E-state index contributed by atoms with van der Waals surface area (Å²) in [6.45, 7) is 7.11. The molecule has 1 rings (SSSR count). The number of anilines is 1. The molecule has 108 valence electrons. The molecule has 1 N–H and O–H groups in total. The highest BCUT2D eigenvalue weighted by molar-refractivity contribution is 5.92. The highest BCUT2D eigenvalue weighted by Crippen LogP contribution is 2.09. The number of nitrogens with zero attached hydrogens (tertiary/aromatic N) is 2. The van der Waals surface area contributed by atoms with Gasteiger partial charge in [-0.1, -0.05) is 13.0 Å². The maximum absolute atomic E-state index is 11.9. The van der Waals surface area contributed by atoms with Gasteiger partial charge in [0, 0.05) is 18.8 Å². The largest absolute Gasteiger partial charge is 0.380 e. The summed E-state index contributed by atoms with van der Waals surface area (Å²) < 4.78 is 5.29.